The summed E-state index contributed by atoms with van der Waals surface area (Å²) < 4.78 is 18.7. The third-order valence-corrected chi connectivity index (χ3v) is 3.19. The first-order valence-electron chi connectivity index (χ1n) is 5.93. The quantitative estimate of drug-likeness (QED) is 0.783. The average Bonchev–Trinajstić information content (AvgIpc) is 3.02. The third-order valence-electron chi connectivity index (χ3n) is 3.19. The zero-order chi connectivity index (χ0) is 11.7. The summed E-state index contributed by atoms with van der Waals surface area (Å²) in [6.07, 6.45) is 4.03. The van der Waals surface area contributed by atoms with E-state index in [2.05, 4.69) is 4.90 Å². The second-order valence-electron chi connectivity index (χ2n) is 4.33. The van der Waals surface area contributed by atoms with Crippen molar-refractivity contribution in [3.05, 3.63) is 42.4 Å². The monoisotopic (exact) mass is 231 g/mol. The first kappa shape index (κ1) is 10.4. The van der Waals surface area contributed by atoms with Crippen LogP contribution < -0.4 is 4.90 Å². The molecule has 1 fully saturated rings. The molecule has 0 spiro atoms. The minimum absolute atomic E-state index is 0.223. The van der Waals surface area contributed by atoms with Gasteiger partial charge in [0.1, 0.15) is 11.6 Å². The number of nitrogens with zero attached hydrogens (tertiary/aromatic N) is 1. The summed E-state index contributed by atoms with van der Waals surface area (Å²) in [4.78, 5) is 2.29. The standard InChI is InChI=1S/C14H14FNO/c15-11-5-6-13(16-7-1-2-8-16)12(10-11)14-4-3-9-17-14/h3-6,9-10H,1-2,7-8H2. The lowest BCUT2D eigenvalue weighted by Crippen LogP contribution is -2.18. The van der Waals surface area contributed by atoms with Gasteiger partial charge in [0.05, 0.1) is 6.26 Å². The van der Waals surface area contributed by atoms with Crippen molar-refractivity contribution in [1.29, 1.82) is 0 Å². The average molecular weight is 231 g/mol. The summed E-state index contributed by atoms with van der Waals surface area (Å²) in [5, 5.41) is 0. The zero-order valence-corrected chi connectivity index (χ0v) is 9.53. The molecule has 0 N–H and O–H groups in total. The number of furan rings is 1. The molecule has 2 nitrogen and oxygen atoms in total. The molecule has 1 aromatic heterocycles. The fraction of sp³-hybridized carbons (Fsp3) is 0.286. The molecule has 3 heteroatoms. The van der Waals surface area contributed by atoms with Crippen molar-refractivity contribution < 1.29 is 8.81 Å². The smallest absolute Gasteiger partial charge is 0.136 e. The number of hydrogen-bond donors (Lipinski definition) is 0. The van der Waals surface area contributed by atoms with Gasteiger partial charge in [-0.25, -0.2) is 4.39 Å². The van der Waals surface area contributed by atoms with Gasteiger partial charge in [-0.15, -0.1) is 0 Å². The molecule has 0 unspecified atom stereocenters. The van der Waals surface area contributed by atoms with Crippen molar-refractivity contribution in [2.24, 2.45) is 0 Å². The van der Waals surface area contributed by atoms with Crippen LogP contribution in [0.25, 0.3) is 11.3 Å². The summed E-state index contributed by atoms with van der Waals surface area (Å²) in [5.41, 5.74) is 1.91. The molecule has 0 saturated carbocycles. The van der Waals surface area contributed by atoms with E-state index in [0.29, 0.717) is 0 Å². The van der Waals surface area contributed by atoms with Gasteiger partial charge in [-0.2, -0.15) is 0 Å². The van der Waals surface area contributed by atoms with E-state index in [1.807, 2.05) is 18.2 Å². The fourth-order valence-electron chi connectivity index (χ4n) is 2.37. The Kier molecular flexibility index (Phi) is 2.59. The van der Waals surface area contributed by atoms with Crippen molar-refractivity contribution in [3.8, 4) is 11.3 Å². The first-order valence-corrected chi connectivity index (χ1v) is 5.93. The van der Waals surface area contributed by atoms with Gasteiger partial charge in [0, 0.05) is 24.3 Å². The van der Waals surface area contributed by atoms with Crippen LogP contribution in [-0.2, 0) is 0 Å². The van der Waals surface area contributed by atoms with Gasteiger partial charge >= 0.3 is 0 Å². The molecular formula is C14H14FNO. The lowest BCUT2D eigenvalue weighted by Gasteiger charge is -2.20. The van der Waals surface area contributed by atoms with Crippen LogP contribution in [0, 0.1) is 5.82 Å². The topological polar surface area (TPSA) is 16.4 Å². The highest BCUT2D eigenvalue weighted by atomic mass is 19.1. The molecule has 1 aliphatic heterocycles. The molecule has 0 radical (unpaired) electrons. The lowest BCUT2D eigenvalue weighted by atomic mass is 10.1. The van der Waals surface area contributed by atoms with Crippen LogP contribution >= 0.6 is 0 Å². The van der Waals surface area contributed by atoms with Crippen LogP contribution in [-0.4, -0.2) is 13.1 Å². The Balaban J connectivity index is 2.08. The van der Waals surface area contributed by atoms with E-state index in [0.717, 1.165) is 30.1 Å². The number of anilines is 1. The highest BCUT2D eigenvalue weighted by molar-refractivity contribution is 5.75. The van der Waals surface area contributed by atoms with Crippen molar-refractivity contribution in [3.63, 3.8) is 0 Å². The number of halogens is 1. The van der Waals surface area contributed by atoms with Gasteiger partial charge in [0.2, 0.25) is 0 Å². The third kappa shape index (κ3) is 1.93. The van der Waals surface area contributed by atoms with Gasteiger partial charge in [0.25, 0.3) is 0 Å². The highest BCUT2D eigenvalue weighted by Crippen LogP contribution is 2.33. The van der Waals surface area contributed by atoms with Crippen LogP contribution in [0.5, 0.6) is 0 Å². The predicted octanol–water partition coefficient (Wildman–Crippen LogP) is 3.69. The van der Waals surface area contributed by atoms with Gasteiger partial charge in [-0.1, -0.05) is 0 Å². The van der Waals surface area contributed by atoms with Gasteiger partial charge in [0.15, 0.2) is 0 Å². The highest BCUT2D eigenvalue weighted by Gasteiger charge is 2.18. The molecule has 17 heavy (non-hydrogen) atoms. The van der Waals surface area contributed by atoms with Crippen molar-refractivity contribution >= 4 is 5.69 Å². The zero-order valence-electron chi connectivity index (χ0n) is 9.53. The van der Waals surface area contributed by atoms with Crippen molar-refractivity contribution in [2.45, 2.75) is 12.8 Å². The fourth-order valence-corrected chi connectivity index (χ4v) is 2.37. The Morgan fingerprint density at radius 2 is 1.94 bits per heavy atom. The molecular weight excluding hydrogens is 217 g/mol. The van der Waals surface area contributed by atoms with Crippen LogP contribution in [0.3, 0.4) is 0 Å². The second kappa shape index (κ2) is 4.24. The minimum Gasteiger partial charge on any atom is -0.464 e. The van der Waals surface area contributed by atoms with Crippen LogP contribution in [0.1, 0.15) is 12.8 Å². The summed E-state index contributed by atoms with van der Waals surface area (Å²) in [6.45, 7) is 2.08. The van der Waals surface area contributed by atoms with E-state index in [1.54, 1.807) is 12.3 Å². The summed E-state index contributed by atoms with van der Waals surface area (Å²) in [7, 11) is 0. The molecule has 0 aliphatic carbocycles. The largest absolute Gasteiger partial charge is 0.464 e. The maximum Gasteiger partial charge on any atom is 0.136 e. The Morgan fingerprint density at radius 1 is 1.12 bits per heavy atom. The van der Waals surface area contributed by atoms with Crippen LogP contribution in [0.2, 0.25) is 0 Å². The number of rotatable bonds is 2. The molecule has 0 bridgehead atoms. The molecule has 1 aliphatic rings. The molecule has 0 amide bonds. The maximum atomic E-state index is 13.4. The van der Waals surface area contributed by atoms with Crippen LogP contribution in [0.15, 0.2) is 41.0 Å². The SMILES string of the molecule is Fc1ccc(N2CCCC2)c(-c2ccco2)c1. The maximum absolute atomic E-state index is 13.4. The molecule has 88 valence electrons. The van der Waals surface area contributed by atoms with E-state index >= 15 is 0 Å². The van der Waals surface area contributed by atoms with Gasteiger partial charge in [-0.3, -0.25) is 0 Å². The summed E-state index contributed by atoms with van der Waals surface area (Å²) >= 11 is 0. The molecule has 2 aromatic rings. The number of hydrogen-bond acceptors (Lipinski definition) is 2. The van der Waals surface area contributed by atoms with E-state index in [4.69, 9.17) is 4.42 Å². The van der Waals surface area contributed by atoms with Crippen LogP contribution in [0.4, 0.5) is 10.1 Å². The first-order chi connectivity index (χ1) is 8.34. The molecule has 2 heterocycles. The Bertz CT molecular complexity index is 501. The molecule has 3 rings (SSSR count). The lowest BCUT2D eigenvalue weighted by molar-refractivity contribution is 0.580. The molecule has 1 aromatic carbocycles. The second-order valence-corrected chi connectivity index (χ2v) is 4.33. The van der Waals surface area contributed by atoms with E-state index < -0.39 is 0 Å². The summed E-state index contributed by atoms with van der Waals surface area (Å²) in [6, 6.07) is 8.60. The Hall–Kier alpha value is -1.77. The predicted molar refractivity (Wildman–Crippen MR) is 65.5 cm³/mol. The molecule has 1 saturated heterocycles. The minimum atomic E-state index is -0.223. The Morgan fingerprint density at radius 3 is 2.65 bits per heavy atom. The van der Waals surface area contributed by atoms with E-state index in [1.165, 1.54) is 18.9 Å². The van der Waals surface area contributed by atoms with Crippen molar-refractivity contribution in [1.82, 2.24) is 0 Å². The van der Waals surface area contributed by atoms with Gasteiger partial charge < -0.3 is 9.32 Å². The van der Waals surface area contributed by atoms with Crippen molar-refractivity contribution in [2.75, 3.05) is 18.0 Å². The van der Waals surface area contributed by atoms with Gasteiger partial charge in [-0.05, 0) is 43.2 Å². The normalized spacial score (nSPS) is 15.5. The Labute approximate surface area is 99.7 Å². The number of benzene rings is 1. The van der Waals surface area contributed by atoms with E-state index in [-0.39, 0.29) is 5.82 Å². The summed E-state index contributed by atoms with van der Waals surface area (Å²) in [5.74, 6) is 0.505. The van der Waals surface area contributed by atoms with E-state index in [9.17, 15) is 4.39 Å². The molecule has 0 atom stereocenters.